The quantitative estimate of drug-likeness (QED) is 0.822. The molecule has 0 unspecified atom stereocenters. The van der Waals surface area contributed by atoms with Crippen LogP contribution in [-0.4, -0.2) is 28.2 Å². The van der Waals surface area contributed by atoms with Gasteiger partial charge in [-0.15, -0.1) is 0 Å². The first-order valence-electron chi connectivity index (χ1n) is 6.89. The van der Waals surface area contributed by atoms with E-state index in [1.165, 1.54) is 0 Å². The van der Waals surface area contributed by atoms with Crippen LogP contribution < -0.4 is 5.32 Å². The van der Waals surface area contributed by atoms with E-state index in [1.807, 2.05) is 6.07 Å². The highest BCUT2D eigenvalue weighted by atomic mass is 16.3. The molecule has 1 rings (SSSR count). The number of anilines is 1. The molecule has 2 N–H and O–H groups in total. The Morgan fingerprint density at radius 3 is 2.16 bits per heavy atom. The standard InChI is InChI=1S/C15H27N3O/c1-14(2,3)11-10-12(16-8-7-9-19)18-13(17-11)15(4,5)6/h10,19H,7-9H2,1-6H3,(H,16,17,18). The summed E-state index contributed by atoms with van der Waals surface area (Å²) in [4.78, 5) is 9.29. The van der Waals surface area contributed by atoms with Crippen LogP contribution in [0.25, 0.3) is 0 Å². The molecule has 108 valence electrons. The van der Waals surface area contributed by atoms with Crippen LogP contribution in [0.3, 0.4) is 0 Å². The number of aliphatic hydroxyl groups excluding tert-OH is 1. The highest BCUT2D eigenvalue weighted by Gasteiger charge is 2.23. The molecule has 4 nitrogen and oxygen atoms in total. The van der Waals surface area contributed by atoms with Gasteiger partial charge in [-0.1, -0.05) is 41.5 Å². The van der Waals surface area contributed by atoms with Gasteiger partial charge in [0.05, 0.1) is 5.69 Å². The van der Waals surface area contributed by atoms with Gasteiger partial charge in [0.1, 0.15) is 11.6 Å². The van der Waals surface area contributed by atoms with E-state index in [-0.39, 0.29) is 17.4 Å². The van der Waals surface area contributed by atoms with Gasteiger partial charge in [0, 0.05) is 30.0 Å². The van der Waals surface area contributed by atoms with E-state index in [4.69, 9.17) is 10.1 Å². The van der Waals surface area contributed by atoms with Gasteiger partial charge >= 0.3 is 0 Å². The first-order chi connectivity index (χ1) is 8.64. The van der Waals surface area contributed by atoms with E-state index in [0.717, 1.165) is 30.3 Å². The van der Waals surface area contributed by atoms with Crippen molar-refractivity contribution < 1.29 is 5.11 Å². The zero-order valence-electron chi connectivity index (χ0n) is 13.0. The maximum Gasteiger partial charge on any atom is 0.136 e. The molecule has 0 aliphatic carbocycles. The Kier molecular flexibility index (Phi) is 4.91. The zero-order valence-corrected chi connectivity index (χ0v) is 13.0. The fourth-order valence-electron chi connectivity index (χ4n) is 1.55. The van der Waals surface area contributed by atoms with E-state index < -0.39 is 0 Å². The molecule has 4 heteroatoms. The van der Waals surface area contributed by atoms with Gasteiger partial charge < -0.3 is 10.4 Å². The monoisotopic (exact) mass is 265 g/mol. The van der Waals surface area contributed by atoms with Gasteiger partial charge in [-0.2, -0.15) is 0 Å². The molecule has 0 aliphatic heterocycles. The number of nitrogens with zero attached hydrogens (tertiary/aromatic N) is 2. The molecule has 0 fully saturated rings. The van der Waals surface area contributed by atoms with Crippen molar-refractivity contribution in [3.8, 4) is 0 Å². The van der Waals surface area contributed by atoms with E-state index in [1.54, 1.807) is 0 Å². The highest BCUT2D eigenvalue weighted by Crippen LogP contribution is 2.26. The Labute approximate surface area is 116 Å². The summed E-state index contributed by atoms with van der Waals surface area (Å²) in [6.07, 6.45) is 0.722. The molecule has 0 aromatic carbocycles. The second-order valence-electron chi connectivity index (χ2n) is 6.97. The van der Waals surface area contributed by atoms with Crippen molar-refractivity contribution in [2.45, 2.75) is 58.8 Å². The van der Waals surface area contributed by atoms with Gasteiger partial charge in [-0.05, 0) is 6.42 Å². The Morgan fingerprint density at radius 1 is 1.05 bits per heavy atom. The molecule has 1 heterocycles. The van der Waals surface area contributed by atoms with Crippen molar-refractivity contribution in [2.24, 2.45) is 0 Å². The fraction of sp³-hybridized carbons (Fsp3) is 0.733. The number of hydrogen-bond donors (Lipinski definition) is 2. The topological polar surface area (TPSA) is 58.0 Å². The van der Waals surface area contributed by atoms with Crippen molar-refractivity contribution in [3.63, 3.8) is 0 Å². The Balaban J connectivity index is 3.10. The normalized spacial score (nSPS) is 12.6. The Hall–Kier alpha value is -1.16. The number of hydrogen-bond acceptors (Lipinski definition) is 4. The summed E-state index contributed by atoms with van der Waals surface area (Å²) in [6, 6.07) is 2.01. The Morgan fingerprint density at radius 2 is 1.68 bits per heavy atom. The van der Waals surface area contributed by atoms with Crippen molar-refractivity contribution in [3.05, 3.63) is 17.6 Å². The molecular weight excluding hydrogens is 238 g/mol. The lowest BCUT2D eigenvalue weighted by Crippen LogP contribution is -2.22. The number of aliphatic hydroxyl groups is 1. The average Bonchev–Trinajstić information content (AvgIpc) is 2.27. The molecule has 0 bridgehead atoms. The number of nitrogens with one attached hydrogen (secondary N) is 1. The maximum absolute atomic E-state index is 8.84. The molecular formula is C15H27N3O. The van der Waals surface area contributed by atoms with Gasteiger partial charge in [0.25, 0.3) is 0 Å². The third-order valence-corrected chi connectivity index (χ3v) is 2.81. The number of rotatable bonds is 4. The lowest BCUT2D eigenvalue weighted by Gasteiger charge is -2.24. The summed E-state index contributed by atoms with van der Waals surface area (Å²) in [5.74, 6) is 1.70. The first-order valence-corrected chi connectivity index (χ1v) is 6.89. The number of aromatic nitrogens is 2. The van der Waals surface area contributed by atoms with E-state index in [0.29, 0.717) is 0 Å². The van der Waals surface area contributed by atoms with Crippen LogP contribution >= 0.6 is 0 Å². The summed E-state index contributed by atoms with van der Waals surface area (Å²) >= 11 is 0. The van der Waals surface area contributed by atoms with Gasteiger partial charge in [0.15, 0.2) is 0 Å². The summed E-state index contributed by atoms with van der Waals surface area (Å²) in [6.45, 7) is 13.7. The van der Waals surface area contributed by atoms with Crippen LogP contribution in [0.15, 0.2) is 6.07 Å². The van der Waals surface area contributed by atoms with E-state index in [9.17, 15) is 0 Å². The summed E-state index contributed by atoms with van der Waals surface area (Å²) in [5.41, 5.74) is 0.962. The minimum Gasteiger partial charge on any atom is -0.396 e. The lowest BCUT2D eigenvalue weighted by atomic mass is 9.90. The fourth-order valence-corrected chi connectivity index (χ4v) is 1.55. The molecule has 0 spiro atoms. The second-order valence-corrected chi connectivity index (χ2v) is 6.97. The van der Waals surface area contributed by atoms with Crippen LogP contribution in [-0.2, 0) is 10.8 Å². The average molecular weight is 265 g/mol. The molecule has 19 heavy (non-hydrogen) atoms. The predicted octanol–water partition coefficient (Wildman–Crippen LogP) is 2.87. The predicted molar refractivity (Wildman–Crippen MR) is 79.6 cm³/mol. The molecule has 0 saturated carbocycles. The first kappa shape index (κ1) is 15.9. The molecule has 0 aliphatic rings. The van der Waals surface area contributed by atoms with E-state index >= 15 is 0 Å². The molecule has 0 amide bonds. The minimum atomic E-state index is -0.0747. The van der Waals surface area contributed by atoms with Crippen molar-refractivity contribution in [1.82, 2.24) is 9.97 Å². The lowest BCUT2D eigenvalue weighted by molar-refractivity contribution is 0.292. The third kappa shape index (κ3) is 4.78. The highest BCUT2D eigenvalue weighted by molar-refractivity contribution is 5.38. The Bertz CT molecular complexity index is 384. The van der Waals surface area contributed by atoms with Gasteiger partial charge in [0.2, 0.25) is 0 Å². The van der Waals surface area contributed by atoms with E-state index in [2.05, 4.69) is 51.8 Å². The van der Waals surface area contributed by atoms with Crippen LogP contribution in [0.4, 0.5) is 5.82 Å². The third-order valence-electron chi connectivity index (χ3n) is 2.81. The molecule has 0 atom stereocenters. The van der Waals surface area contributed by atoms with Gasteiger partial charge in [-0.3, -0.25) is 0 Å². The van der Waals surface area contributed by atoms with Crippen LogP contribution in [0, 0.1) is 0 Å². The summed E-state index contributed by atoms with van der Waals surface area (Å²) < 4.78 is 0. The zero-order chi connectivity index (χ0) is 14.7. The largest absolute Gasteiger partial charge is 0.396 e. The molecule has 0 radical (unpaired) electrons. The minimum absolute atomic E-state index is 0.00362. The van der Waals surface area contributed by atoms with Crippen molar-refractivity contribution >= 4 is 5.82 Å². The van der Waals surface area contributed by atoms with Crippen molar-refractivity contribution in [2.75, 3.05) is 18.5 Å². The molecule has 1 aromatic heterocycles. The smallest absolute Gasteiger partial charge is 0.136 e. The van der Waals surface area contributed by atoms with Crippen LogP contribution in [0.2, 0.25) is 0 Å². The summed E-state index contributed by atoms with van der Waals surface area (Å²) in [7, 11) is 0. The van der Waals surface area contributed by atoms with Gasteiger partial charge in [-0.25, -0.2) is 9.97 Å². The summed E-state index contributed by atoms with van der Waals surface area (Å²) in [5, 5.41) is 12.1. The SMILES string of the molecule is CC(C)(C)c1cc(NCCCO)nc(C(C)(C)C)n1. The molecule has 0 saturated heterocycles. The van der Waals surface area contributed by atoms with Crippen molar-refractivity contribution in [1.29, 1.82) is 0 Å². The molecule has 1 aromatic rings. The van der Waals surface area contributed by atoms with Crippen LogP contribution in [0.1, 0.15) is 59.5 Å². The second kappa shape index (κ2) is 5.87. The van der Waals surface area contributed by atoms with Crippen LogP contribution in [0.5, 0.6) is 0 Å². The maximum atomic E-state index is 8.84.